The lowest BCUT2D eigenvalue weighted by molar-refractivity contribution is 0.483. The summed E-state index contributed by atoms with van der Waals surface area (Å²) >= 11 is 4.95. The molecule has 1 nitrogen and oxygen atoms in total. The summed E-state index contributed by atoms with van der Waals surface area (Å²) in [6.07, 6.45) is 0. The lowest BCUT2D eigenvalue weighted by Gasteiger charge is -2.19. The Kier molecular flexibility index (Phi) is 4.48. The molecule has 0 spiro atoms. The van der Waals surface area contributed by atoms with Gasteiger partial charge in [0.05, 0.1) is 6.04 Å². The smallest absolute Gasteiger partial charge is 0.163 e. The van der Waals surface area contributed by atoms with Gasteiger partial charge < -0.3 is 5.32 Å². The Balaban J connectivity index is 2.48. The number of halogens is 3. The third-order valence-electron chi connectivity index (χ3n) is 2.65. The fourth-order valence-electron chi connectivity index (χ4n) is 1.83. The Labute approximate surface area is 117 Å². The van der Waals surface area contributed by atoms with E-state index in [0.29, 0.717) is 12.1 Å². The Bertz CT molecular complexity index is 542. The molecule has 1 heterocycles. The summed E-state index contributed by atoms with van der Waals surface area (Å²) in [6, 6.07) is 3.92. The van der Waals surface area contributed by atoms with Crippen LogP contribution in [0.2, 0.25) is 0 Å². The highest BCUT2D eigenvalue weighted by Gasteiger charge is 2.21. The number of hydrogen-bond donors (Lipinski definition) is 1. The second-order valence-corrected chi connectivity index (χ2v) is 5.41. The molecule has 0 amide bonds. The molecule has 1 atom stereocenters. The average molecular weight is 332 g/mol. The third kappa shape index (κ3) is 2.63. The fourth-order valence-corrected chi connectivity index (χ4v) is 3.38. The van der Waals surface area contributed by atoms with E-state index in [1.165, 1.54) is 17.4 Å². The van der Waals surface area contributed by atoms with Crippen molar-refractivity contribution < 1.29 is 8.78 Å². The minimum atomic E-state index is -0.818. The van der Waals surface area contributed by atoms with Crippen LogP contribution in [0.5, 0.6) is 0 Å². The van der Waals surface area contributed by atoms with Crippen molar-refractivity contribution in [2.75, 3.05) is 6.54 Å². The first-order chi connectivity index (χ1) is 8.65. The molecule has 2 rings (SSSR count). The molecule has 0 aliphatic carbocycles. The number of rotatable bonds is 4. The van der Waals surface area contributed by atoms with Crippen molar-refractivity contribution >= 4 is 27.3 Å². The van der Waals surface area contributed by atoms with Crippen molar-refractivity contribution in [1.29, 1.82) is 0 Å². The summed E-state index contributed by atoms with van der Waals surface area (Å²) in [6.45, 7) is 2.60. The van der Waals surface area contributed by atoms with E-state index in [1.807, 2.05) is 17.7 Å². The van der Waals surface area contributed by atoms with Crippen LogP contribution in [0.15, 0.2) is 33.4 Å². The van der Waals surface area contributed by atoms with Gasteiger partial charge in [-0.05, 0) is 39.5 Å². The summed E-state index contributed by atoms with van der Waals surface area (Å²) in [5.74, 6) is -1.61. The number of hydrogen-bond acceptors (Lipinski definition) is 2. The van der Waals surface area contributed by atoms with Crippen LogP contribution in [-0.4, -0.2) is 6.54 Å². The van der Waals surface area contributed by atoms with E-state index in [9.17, 15) is 8.78 Å². The molecule has 0 aliphatic heterocycles. The molecule has 0 bridgehead atoms. The second kappa shape index (κ2) is 5.91. The van der Waals surface area contributed by atoms with E-state index in [-0.39, 0.29) is 6.04 Å². The van der Waals surface area contributed by atoms with Crippen LogP contribution in [0, 0.1) is 11.6 Å². The first kappa shape index (κ1) is 13.6. The van der Waals surface area contributed by atoms with E-state index in [1.54, 1.807) is 6.07 Å². The molecule has 2 aromatic rings. The van der Waals surface area contributed by atoms with Crippen molar-refractivity contribution in [2.24, 2.45) is 0 Å². The largest absolute Gasteiger partial charge is 0.306 e. The lowest BCUT2D eigenvalue weighted by atomic mass is 10.0. The van der Waals surface area contributed by atoms with Crippen LogP contribution in [0.25, 0.3) is 0 Å². The fraction of sp³-hybridized carbons (Fsp3) is 0.231. The second-order valence-electron chi connectivity index (χ2n) is 3.81. The number of nitrogens with one attached hydrogen (secondary N) is 1. The summed E-state index contributed by atoms with van der Waals surface area (Å²) in [5, 5.41) is 7.04. The molecule has 0 aliphatic rings. The molecule has 1 unspecified atom stereocenters. The van der Waals surface area contributed by atoms with Crippen LogP contribution in [0.1, 0.15) is 24.1 Å². The molecular weight excluding hydrogens is 320 g/mol. The summed E-state index contributed by atoms with van der Waals surface area (Å²) in [5.41, 5.74) is 1.25. The van der Waals surface area contributed by atoms with Crippen LogP contribution in [-0.2, 0) is 0 Å². The molecule has 18 heavy (non-hydrogen) atoms. The molecule has 0 saturated carbocycles. The van der Waals surface area contributed by atoms with Crippen molar-refractivity contribution in [3.8, 4) is 0 Å². The van der Waals surface area contributed by atoms with E-state index < -0.39 is 11.6 Å². The molecule has 96 valence electrons. The molecule has 0 fully saturated rings. The van der Waals surface area contributed by atoms with Crippen molar-refractivity contribution in [3.63, 3.8) is 0 Å². The van der Waals surface area contributed by atoms with Crippen molar-refractivity contribution in [2.45, 2.75) is 13.0 Å². The van der Waals surface area contributed by atoms with Gasteiger partial charge in [-0.15, -0.1) is 0 Å². The van der Waals surface area contributed by atoms with Crippen LogP contribution in [0.3, 0.4) is 0 Å². The van der Waals surface area contributed by atoms with Gasteiger partial charge in [0.25, 0.3) is 0 Å². The van der Waals surface area contributed by atoms with Crippen LogP contribution in [0.4, 0.5) is 8.78 Å². The van der Waals surface area contributed by atoms with Gasteiger partial charge in [0.2, 0.25) is 0 Å². The molecule has 0 saturated heterocycles. The van der Waals surface area contributed by atoms with Gasteiger partial charge in [0.1, 0.15) is 0 Å². The standard InChI is InChI=1S/C13H12BrF2NS/c1-2-17-13(9-6-18-7-10(9)14)8-4-3-5-11(15)12(8)16/h3-7,13,17H,2H2,1H3. The summed E-state index contributed by atoms with van der Waals surface area (Å²) in [4.78, 5) is 0. The van der Waals surface area contributed by atoms with E-state index in [4.69, 9.17) is 0 Å². The Morgan fingerprint density at radius 2 is 2.06 bits per heavy atom. The quantitative estimate of drug-likeness (QED) is 0.870. The normalized spacial score (nSPS) is 12.7. The average Bonchev–Trinajstić information content (AvgIpc) is 2.76. The predicted octanol–water partition coefficient (Wildman–Crippen LogP) is 4.49. The van der Waals surface area contributed by atoms with E-state index in [0.717, 1.165) is 16.1 Å². The molecule has 1 N–H and O–H groups in total. The van der Waals surface area contributed by atoms with Crippen molar-refractivity contribution in [3.05, 3.63) is 56.2 Å². The third-order valence-corrected chi connectivity index (χ3v) is 4.41. The first-order valence-electron chi connectivity index (χ1n) is 5.54. The topological polar surface area (TPSA) is 12.0 Å². The highest BCUT2D eigenvalue weighted by molar-refractivity contribution is 9.10. The maximum atomic E-state index is 13.9. The highest BCUT2D eigenvalue weighted by Crippen LogP contribution is 2.33. The van der Waals surface area contributed by atoms with E-state index >= 15 is 0 Å². The van der Waals surface area contributed by atoms with Crippen molar-refractivity contribution in [1.82, 2.24) is 5.32 Å². The van der Waals surface area contributed by atoms with Gasteiger partial charge in [-0.25, -0.2) is 8.78 Å². The predicted molar refractivity (Wildman–Crippen MR) is 73.9 cm³/mol. The summed E-state index contributed by atoms with van der Waals surface area (Å²) in [7, 11) is 0. The van der Waals surface area contributed by atoms with Gasteiger partial charge >= 0.3 is 0 Å². The molecule has 1 aromatic heterocycles. The number of benzene rings is 1. The minimum absolute atomic E-state index is 0.330. The first-order valence-corrected chi connectivity index (χ1v) is 7.27. The van der Waals surface area contributed by atoms with Gasteiger partial charge in [-0.1, -0.05) is 19.1 Å². The highest BCUT2D eigenvalue weighted by atomic mass is 79.9. The van der Waals surface area contributed by atoms with Gasteiger partial charge in [-0.2, -0.15) is 11.3 Å². The zero-order chi connectivity index (χ0) is 13.1. The van der Waals surface area contributed by atoms with Gasteiger partial charge in [-0.3, -0.25) is 0 Å². The number of thiophene rings is 1. The Morgan fingerprint density at radius 1 is 1.28 bits per heavy atom. The zero-order valence-corrected chi connectivity index (χ0v) is 12.1. The SMILES string of the molecule is CCNC(c1cscc1Br)c1cccc(F)c1F. The molecular formula is C13H12BrF2NS. The van der Waals surface area contributed by atoms with E-state index in [2.05, 4.69) is 21.2 Å². The summed E-state index contributed by atoms with van der Waals surface area (Å²) < 4.78 is 28.1. The maximum absolute atomic E-state index is 13.9. The van der Waals surface area contributed by atoms with Crippen LogP contribution < -0.4 is 5.32 Å². The lowest BCUT2D eigenvalue weighted by Crippen LogP contribution is -2.23. The Hall–Kier alpha value is -0.780. The van der Waals surface area contributed by atoms with Crippen LogP contribution >= 0.6 is 27.3 Å². The maximum Gasteiger partial charge on any atom is 0.163 e. The zero-order valence-electron chi connectivity index (χ0n) is 9.71. The molecule has 5 heteroatoms. The van der Waals surface area contributed by atoms with Gasteiger partial charge in [0, 0.05) is 15.4 Å². The molecule has 0 radical (unpaired) electrons. The Morgan fingerprint density at radius 3 is 2.67 bits per heavy atom. The van der Waals surface area contributed by atoms with Gasteiger partial charge in [0.15, 0.2) is 11.6 Å². The monoisotopic (exact) mass is 331 g/mol. The molecule has 1 aromatic carbocycles. The minimum Gasteiger partial charge on any atom is -0.306 e.